The molecule has 0 radical (unpaired) electrons. The zero-order valence-corrected chi connectivity index (χ0v) is 9.41. The number of hydrogen-bond donors (Lipinski definition) is 1. The van der Waals surface area contributed by atoms with E-state index in [0.29, 0.717) is 29.3 Å². The SMILES string of the molecule is COc1cccc(C(=O)CC(C)C)c1N. The van der Waals surface area contributed by atoms with Crippen molar-refractivity contribution in [3.05, 3.63) is 23.8 Å². The zero-order valence-electron chi connectivity index (χ0n) is 9.41. The smallest absolute Gasteiger partial charge is 0.165 e. The van der Waals surface area contributed by atoms with Gasteiger partial charge in [-0.2, -0.15) is 0 Å². The largest absolute Gasteiger partial charge is 0.495 e. The summed E-state index contributed by atoms with van der Waals surface area (Å²) in [6.07, 6.45) is 0.511. The maximum Gasteiger partial charge on any atom is 0.165 e. The molecule has 0 saturated carbocycles. The van der Waals surface area contributed by atoms with Crippen molar-refractivity contribution in [2.24, 2.45) is 5.92 Å². The molecule has 0 saturated heterocycles. The van der Waals surface area contributed by atoms with Crippen LogP contribution in [0, 0.1) is 5.92 Å². The molecule has 1 rings (SSSR count). The van der Waals surface area contributed by atoms with E-state index in [0.717, 1.165) is 0 Å². The minimum absolute atomic E-state index is 0.0707. The van der Waals surface area contributed by atoms with Crippen LogP contribution in [0.1, 0.15) is 30.6 Å². The molecule has 0 atom stereocenters. The monoisotopic (exact) mass is 207 g/mol. The van der Waals surface area contributed by atoms with Gasteiger partial charge in [-0.1, -0.05) is 19.9 Å². The number of benzene rings is 1. The molecule has 0 fully saturated rings. The van der Waals surface area contributed by atoms with Gasteiger partial charge in [0.1, 0.15) is 5.75 Å². The number of Topliss-reactive ketones (excluding diaryl/α,β-unsaturated/α-hetero) is 1. The highest BCUT2D eigenvalue weighted by Crippen LogP contribution is 2.26. The molecule has 3 heteroatoms. The Hall–Kier alpha value is -1.51. The maximum atomic E-state index is 11.8. The second-order valence-electron chi connectivity index (χ2n) is 3.94. The molecule has 3 nitrogen and oxygen atoms in total. The minimum atomic E-state index is 0.0707. The third kappa shape index (κ3) is 2.72. The van der Waals surface area contributed by atoms with Gasteiger partial charge >= 0.3 is 0 Å². The van der Waals surface area contributed by atoms with Gasteiger partial charge in [-0.25, -0.2) is 0 Å². The fraction of sp³-hybridized carbons (Fsp3) is 0.417. The fourth-order valence-electron chi connectivity index (χ4n) is 1.45. The molecule has 82 valence electrons. The summed E-state index contributed by atoms with van der Waals surface area (Å²) in [7, 11) is 1.54. The van der Waals surface area contributed by atoms with Gasteiger partial charge in [0.15, 0.2) is 5.78 Å². The van der Waals surface area contributed by atoms with E-state index in [-0.39, 0.29) is 5.78 Å². The fourth-order valence-corrected chi connectivity index (χ4v) is 1.45. The Morgan fingerprint density at radius 1 is 1.47 bits per heavy atom. The normalized spacial score (nSPS) is 10.4. The molecule has 0 bridgehead atoms. The molecule has 0 aliphatic heterocycles. The average Bonchev–Trinajstić information content (AvgIpc) is 2.17. The maximum absolute atomic E-state index is 11.8. The lowest BCUT2D eigenvalue weighted by atomic mass is 10.00. The Kier molecular flexibility index (Phi) is 3.72. The third-order valence-corrected chi connectivity index (χ3v) is 2.18. The zero-order chi connectivity index (χ0) is 11.4. The first kappa shape index (κ1) is 11.6. The molecular formula is C12H17NO2. The van der Waals surface area contributed by atoms with Crippen LogP contribution in [0.3, 0.4) is 0 Å². The van der Waals surface area contributed by atoms with E-state index >= 15 is 0 Å². The highest BCUT2D eigenvalue weighted by Gasteiger charge is 2.13. The van der Waals surface area contributed by atoms with Crippen LogP contribution in [0.15, 0.2) is 18.2 Å². The van der Waals surface area contributed by atoms with E-state index in [1.54, 1.807) is 25.3 Å². The predicted molar refractivity (Wildman–Crippen MR) is 61.2 cm³/mol. The number of anilines is 1. The topological polar surface area (TPSA) is 52.3 Å². The lowest BCUT2D eigenvalue weighted by Gasteiger charge is -2.10. The van der Waals surface area contributed by atoms with Crippen LogP contribution in [-0.4, -0.2) is 12.9 Å². The number of ketones is 1. The van der Waals surface area contributed by atoms with Gasteiger partial charge in [0.2, 0.25) is 0 Å². The molecule has 0 aliphatic carbocycles. The van der Waals surface area contributed by atoms with Crippen molar-refractivity contribution < 1.29 is 9.53 Å². The van der Waals surface area contributed by atoms with E-state index in [2.05, 4.69) is 0 Å². The van der Waals surface area contributed by atoms with Crippen LogP contribution >= 0.6 is 0 Å². The highest BCUT2D eigenvalue weighted by molar-refractivity contribution is 6.01. The molecule has 0 unspecified atom stereocenters. The van der Waals surface area contributed by atoms with Crippen molar-refractivity contribution in [3.63, 3.8) is 0 Å². The van der Waals surface area contributed by atoms with Gasteiger partial charge < -0.3 is 10.5 Å². The molecule has 2 N–H and O–H groups in total. The molecule has 1 aromatic rings. The molecule has 0 aromatic heterocycles. The van der Waals surface area contributed by atoms with Crippen LogP contribution in [0.25, 0.3) is 0 Å². The van der Waals surface area contributed by atoms with Gasteiger partial charge in [0.25, 0.3) is 0 Å². The number of ether oxygens (including phenoxy) is 1. The number of nitrogens with two attached hydrogens (primary N) is 1. The van der Waals surface area contributed by atoms with Crippen molar-refractivity contribution in [1.29, 1.82) is 0 Å². The van der Waals surface area contributed by atoms with E-state index in [4.69, 9.17) is 10.5 Å². The lowest BCUT2D eigenvalue weighted by Crippen LogP contribution is -2.07. The standard InChI is InChI=1S/C12H17NO2/c1-8(2)7-10(14)9-5-4-6-11(15-3)12(9)13/h4-6,8H,7,13H2,1-3H3. The summed E-state index contributed by atoms with van der Waals surface area (Å²) in [5, 5.41) is 0. The molecule has 1 aromatic carbocycles. The van der Waals surface area contributed by atoms with Crippen molar-refractivity contribution >= 4 is 11.5 Å². The van der Waals surface area contributed by atoms with E-state index < -0.39 is 0 Å². The first-order chi connectivity index (χ1) is 7.06. The quantitative estimate of drug-likeness (QED) is 0.609. The van der Waals surface area contributed by atoms with Crippen molar-refractivity contribution in [2.45, 2.75) is 20.3 Å². The second kappa shape index (κ2) is 4.82. The van der Waals surface area contributed by atoms with E-state index in [1.807, 2.05) is 13.8 Å². The van der Waals surface area contributed by atoms with Gasteiger partial charge in [-0.15, -0.1) is 0 Å². The van der Waals surface area contributed by atoms with Crippen LogP contribution in [0.4, 0.5) is 5.69 Å². The summed E-state index contributed by atoms with van der Waals surface area (Å²) >= 11 is 0. The molecular weight excluding hydrogens is 190 g/mol. The Bertz CT molecular complexity index is 359. The van der Waals surface area contributed by atoms with Crippen LogP contribution in [0.2, 0.25) is 0 Å². The summed E-state index contributed by atoms with van der Waals surface area (Å²) in [4.78, 5) is 11.8. The van der Waals surface area contributed by atoms with Gasteiger partial charge in [0.05, 0.1) is 12.8 Å². The molecule has 0 spiro atoms. The van der Waals surface area contributed by atoms with Crippen LogP contribution in [0.5, 0.6) is 5.75 Å². The van der Waals surface area contributed by atoms with Gasteiger partial charge in [-0.05, 0) is 18.1 Å². The number of nitrogen functional groups attached to an aromatic ring is 1. The Morgan fingerprint density at radius 2 is 2.13 bits per heavy atom. The molecule has 0 amide bonds. The number of para-hydroxylation sites is 1. The Labute approximate surface area is 90.2 Å². The van der Waals surface area contributed by atoms with Crippen molar-refractivity contribution in [2.75, 3.05) is 12.8 Å². The number of rotatable bonds is 4. The number of methoxy groups -OCH3 is 1. The first-order valence-corrected chi connectivity index (χ1v) is 5.02. The van der Waals surface area contributed by atoms with Crippen molar-refractivity contribution in [3.8, 4) is 5.75 Å². The number of carbonyl (C=O) groups is 1. The van der Waals surface area contributed by atoms with E-state index in [1.165, 1.54) is 0 Å². The number of carbonyl (C=O) groups excluding carboxylic acids is 1. The minimum Gasteiger partial charge on any atom is -0.495 e. The summed E-state index contributed by atoms with van der Waals surface area (Å²) in [6, 6.07) is 5.27. The summed E-state index contributed by atoms with van der Waals surface area (Å²) < 4.78 is 5.06. The molecule has 15 heavy (non-hydrogen) atoms. The third-order valence-electron chi connectivity index (χ3n) is 2.18. The Morgan fingerprint density at radius 3 is 2.67 bits per heavy atom. The van der Waals surface area contributed by atoms with Gasteiger partial charge in [-0.3, -0.25) is 4.79 Å². The average molecular weight is 207 g/mol. The second-order valence-corrected chi connectivity index (χ2v) is 3.94. The molecule has 0 heterocycles. The summed E-state index contributed by atoms with van der Waals surface area (Å²) in [6.45, 7) is 4.02. The van der Waals surface area contributed by atoms with Gasteiger partial charge in [0, 0.05) is 12.0 Å². The highest BCUT2D eigenvalue weighted by atomic mass is 16.5. The predicted octanol–water partition coefficient (Wildman–Crippen LogP) is 2.51. The van der Waals surface area contributed by atoms with Crippen LogP contribution < -0.4 is 10.5 Å². The van der Waals surface area contributed by atoms with Crippen molar-refractivity contribution in [1.82, 2.24) is 0 Å². The van der Waals surface area contributed by atoms with E-state index in [9.17, 15) is 4.79 Å². The number of hydrogen-bond acceptors (Lipinski definition) is 3. The molecule has 0 aliphatic rings. The van der Waals surface area contributed by atoms with Crippen LogP contribution in [-0.2, 0) is 0 Å². The first-order valence-electron chi connectivity index (χ1n) is 5.02. The summed E-state index contributed by atoms with van der Waals surface area (Å²) in [5.41, 5.74) is 6.82. The Balaban J connectivity index is 2.99. The lowest BCUT2D eigenvalue weighted by molar-refractivity contribution is 0.0968. The summed E-state index contributed by atoms with van der Waals surface area (Å²) in [5.74, 6) is 0.967.